The van der Waals surface area contributed by atoms with Gasteiger partial charge in [-0.05, 0) is 43.9 Å². The second kappa shape index (κ2) is 8.32. The van der Waals surface area contributed by atoms with Crippen molar-refractivity contribution in [1.82, 2.24) is 9.97 Å². The fourth-order valence-electron chi connectivity index (χ4n) is 3.80. The highest BCUT2D eigenvalue weighted by Crippen LogP contribution is 2.44. The van der Waals surface area contributed by atoms with Gasteiger partial charge in [-0.3, -0.25) is 0 Å². The summed E-state index contributed by atoms with van der Waals surface area (Å²) >= 11 is 0. The Labute approximate surface area is 169 Å². The van der Waals surface area contributed by atoms with Crippen molar-refractivity contribution in [3.05, 3.63) is 47.5 Å². The zero-order valence-electron chi connectivity index (χ0n) is 16.5. The molecule has 1 saturated carbocycles. The van der Waals surface area contributed by atoms with Crippen molar-refractivity contribution < 1.29 is 18.7 Å². The standard InChI is InChI=1S/C21H25FN4O3/c1-2-29-19(27)15-13-23-20(24-14-15)25-21(6-3-7-21)16-4-5-17(22)18(12-16)26-8-10-28-11-9-26/h4-5,12-14H,2-3,6-11H2,1H3,(H,23,24,25). The van der Waals surface area contributed by atoms with Crippen LogP contribution in [0.15, 0.2) is 30.6 Å². The minimum absolute atomic E-state index is 0.222. The summed E-state index contributed by atoms with van der Waals surface area (Å²) in [6.07, 6.45) is 5.81. The van der Waals surface area contributed by atoms with Gasteiger partial charge in [-0.2, -0.15) is 0 Å². The molecule has 2 fully saturated rings. The molecule has 0 spiro atoms. The van der Waals surface area contributed by atoms with Crippen molar-refractivity contribution in [2.24, 2.45) is 0 Å². The molecule has 2 aromatic rings. The Hall–Kier alpha value is -2.74. The van der Waals surface area contributed by atoms with Crippen LogP contribution < -0.4 is 10.2 Å². The second-order valence-corrected chi connectivity index (χ2v) is 7.34. The second-order valence-electron chi connectivity index (χ2n) is 7.34. The Kier molecular flexibility index (Phi) is 5.62. The Morgan fingerprint density at radius 1 is 1.28 bits per heavy atom. The first-order valence-corrected chi connectivity index (χ1v) is 10.0. The van der Waals surface area contributed by atoms with Crippen LogP contribution >= 0.6 is 0 Å². The summed E-state index contributed by atoms with van der Waals surface area (Å²) in [4.78, 5) is 22.4. The Balaban J connectivity index is 1.55. The van der Waals surface area contributed by atoms with E-state index in [9.17, 15) is 9.18 Å². The zero-order valence-corrected chi connectivity index (χ0v) is 16.5. The number of ether oxygens (including phenoxy) is 2. The quantitative estimate of drug-likeness (QED) is 0.747. The summed E-state index contributed by atoms with van der Waals surface area (Å²) in [5.41, 5.74) is 1.61. The molecule has 0 bridgehead atoms. The molecule has 0 amide bonds. The Morgan fingerprint density at radius 2 is 2.00 bits per heavy atom. The number of anilines is 2. The number of hydrogen-bond donors (Lipinski definition) is 1. The first-order valence-electron chi connectivity index (χ1n) is 10.0. The van der Waals surface area contributed by atoms with Crippen LogP contribution in [0.3, 0.4) is 0 Å². The molecular weight excluding hydrogens is 375 g/mol. The van der Waals surface area contributed by atoms with Crippen LogP contribution in [0.1, 0.15) is 42.1 Å². The number of rotatable bonds is 6. The maximum absolute atomic E-state index is 14.5. The van der Waals surface area contributed by atoms with Gasteiger partial charge in [-0.25, -0.2) is 19.2 Å². The maximum atomic E-state index is 14.5. The fourth-order valence-corrected chi connectivity index (χ4v) is 3.80. The van der Waals surface area contributed by atoms with E-state index in [1.54, 1.807) is 6.92 Å². The van der Waals surface area contributed by atoms with E-state index in [0.717, 1.165) is 24.8 Å². The molecule has 1 N–H and O–H groups in total. The van der Waals surface area contributed by atoms with Crippen molar-refractivity contribution in [3.63, 3.8) is 0 Å². The van der Waals surface area contributed by atoms with Crippen LogP contribution in [-0.2, 0) is 15.0 Å². The number of nitrogens with zero attached hydrogens (tertiary/aromatic N) is 3. The van der Waals surface area contributed by atoms with E-state index in [-0.39, 0.29) is 11.4 Å². The summed E-state index contributed by atoms with van der Waals surface area (Å²) < 4.78 is 24.9. The number of morpholine rings is 1. The summed E-state index contributed by atoms with van der Waals surface area (Å²) in [5.74, 6) is -0.221. The molecule has 4 rings (SSSR count). The monoisotopic (exact) mass is 400 g/mol. The van der Waals surface area contributed by atoms with Crippen LogP contribution in [0.25, 0.3) is 0 Å². The van der Waals surface area contributed by atoms with Crippen molar-refractivity contribution >= 4 is 17.6 Å². The molecule has 29 heavy (non-hydrogen) atoms. The van der Waals surface area contributed by atoms with Crippen LogP contribution in [-0.4, -0.2) is 48.8 Å². The molecule has 0 radical (unpaired) electrons. The van der Waals surface area contributed by atoms with E-state index < -0.39 is 5.97 Å². The van der Waals surface area contributed by atoms with Gasteiger partial charge in [0.05, 0.1) is 36.6 Å². The predicted octanol–water partition coefficient (Wildman–Crippen LogP) is 3.12. The van der Waals surface area contributed by atoms with E-state index in [2.05, 4.69) is 15.3 Å². The molecule has 1 aliphatic heterocycles. The highest BCUT2D eigenvalue weighted by molar-refractivity contribution is 5.88. The van der Waals surface area contributed by atoms with Crippen molar-refractivity contribution in [2.45, 2.75) is 31.7 Å². The molecule has 1 aromatic carbocycles. The fraction of sp³-hybridized carbons (Fsp3) is 0.476. The average molecular weight is 400 g/mol. The van der Waals surface area contributed by atoms with Crippen molar-refractivity contribution in [3.8, 4) is 0 Å². The Morgan fingerprint density at radius 3 is 2.62 bits per heavy atom. The van der Waals surface area contributed by atoms with Gasteiger partial charge in [0, 0.05) is 25.5 Å². The lowest BCUT2D eigenvalue weighted by Gasteiger charge is -2.43. The number of nitrogens with one attached hydrogen (secondary N) is 1. The van der Waals surface area contributed by atoms with Gasteiger partial charge >= 0.3 is 5.97 Å². The third kappa shape index (κ3) is 4.03. The van der Waals surface area contributed by atoms with Gasteiger partial charge < -0.3 is 19.7 Å². The highest BCUT2D eigenvalue weighted by atomic mass is 19.1. The van der Waals surface area contributed by atoms with E-state index >= 15 is 0 Å². The summed E-state index contributed by atoms with van der Waals surface area (Å²) in [6.45, 7) is 4.63. The van der Waals surface area contributed by atoms with Gasteiger partial charge in [0.15, 0.2) is 0 Å². The van der Waals surface area contributed by atoms with Crippen molar-refractivity contribution in [2.75, 3.05) is 43.1 Å². The largest absolute Gasteiger partial charge is 0.462 e. The number of halogens is 1. The lowest BCUT2D eigenvalue weighted by molar-refractivity contribution is 0.0525. The average Bonchev–Trinajstić information content (AvgIpc) is 2.72. The molecule has 154 valence electrons. The first kappa shape index (κ1) is 19.6. The minimum Gasteiger partial charge on any atom is -0.462 e. The van der Waals surface area contributed by atoms with Gasteiger partial charge in [-0.1, -0.05) is 6.07 Å². The van der Waals surface area contributed by atoms with Crippen LogP contribution in [0.2, 0.25) is 0 Å². The molecular formula is C21H25FN4O3. The van der Waals surface area contributed by atoms with Crippen LogP contribution in [0.5, 0.6) is 0 Å². The summed E-state index contributed by atoms with van der Waals surface area (Å²) in [6, 6.07) is 5.30. The van der Waals surface area contributed by atoms with E-state index in [1.165, 1.54) is 18.5 Å². The lowest BCUT2D eigenvalue weighted by atomic mass is 9.71. The number of benzene rings is 1. The molecule has 8 heteroatoms. The first-order chi connectivity index (χ1) is 14.1. The van der Waals surface area contributed by atoms with Crippen LogP contribution in [0.4, 0.5) is 16.0 Å². The number of aromatic nitrogens is 2. The lowest BCUT2D eigenvalue weighted by Crippen LogP contribution is -2.43. The molecule has 2 aliphatic rings. The topological polar surface area (TPSA) is 76.6 Å². The van der Waals surface area contributed by atoms with E-state index in [4.69, 9.17) is 9.47 Å². The minimum atomic E-state index is -0.439. The molecule has 0 atom stereocenters. The molecule has 7 nitrogen and oxygen atoms in total. The Bertz CT molecular complexity index is 865. The summed E-state index contributed by atoms with van der Waals surface area (Å²) in [5, 5.41) is 3.42. The third-order valence-corrected chi connectivity index (χ3v) is 5.57. The molecule has 1 aromatic heterocycles. The van der Waals surface area contributed by atoms with E-state index in [0.29, 0.717) is 50.1 Å². The van der Waals surface area contributed by atoms with Gasteiger partial charge in [0.1, 0.15) is 5.82 Å². The predicted molar refractivity (Wildman–Crippen MR) is 107 cm³/mol. The number of hydrogen-bond acceptors (Lipinski definition) is 7. The van der Waals surface area contributed by atoms with Crippen LogP contribution in [0, 0.1) is 5.82 Å². The van der Waals surface area contributed by atoms with E-state index in [1.807, 2.05) is 17.0 Å². The third-order valence-electron chi connectivity index (χ3n) is 5.57. The number of carbonyl (C=O) groups excluding carboxylic acids is 1. The normalized spacial score (nSPS) is 18.1. The van der Waals surface area contributed by atoms with Gasteiger partial charge in [-0.15, -0.1) is 0 Å². The summed E-state index contributed by atoms with van der Waals surface area (Å²) in [7, 11) is 0. The van der Waals surface area contributed by atoms with Gasteiger partial charge in [0.25, 0.3) is 0 Å². The maximum Gasteiger partial charge on any atom is 0.341 e. The smallest absolute Gasteiger partial charge is 0.341 e. The molecule has 1 aliphatic carbocycles. The zero-order chi connectivity index (χ0) is 20.3. The van der Waals surface area contributed by atoms with Crippen molar-refractivity contribution in [1.29, 1.82) is 0 Å². The molecule has 1 saturated heterocycles. The molecule has 0 unspecified atom stereocenters. The SMILES string of the molecule is CCOC(=O)c1cnc(NC2(c3ccc(F)c(N4CCOCC4)c3)CCC2)nc1. The molecule has 2 heterocycles. The number of carbonyl (C=O) groups is 1. The van der Waals surface area contributed by atoms with Gasteiger partial charge in [0.2, 0.25) is 5.95 Å². The number of esters is 1. The highest BCUT2D eigenvalue weighted by Gasteiger charge is 2.40.